The largest absolute Gasteiger partial charge is 0.378 e. The lowest BCUT2D eigenvalue weighted by atomic mass is 10.1. The van der Waals surface area contributed by atoms with Crippen molar-refractivity contribution < 1.29 is 9.47 Å². The molecule has 2 unspecified atom stereocenters. The van der Waals surface area contributed by atoms with Crippen molar-refractivity contribution >= 4 is 16.5 Å². The maximum Gasteiger partial charge on any atom is 0.186 e. The van der Waals surface area contributed by atoms with E-state index in [1.807, 2.05) is 0 Å². The van der Waals surface area contributed by atoms with Crippen LogP contribution in [0.15, 0.2) is 0 Å². The number of nitrogens with two attached hydrogens (primary N) is 1. The van der Waals surface area contributed by atoms with Crippen LogP contribution >= 0.6 is 11.3 Å². The van der Waals surface area contributed by atoms with E-state index >= 15 is 0 Å². The summed E-state index contributed by atoms with van der Waals surface area (Å²) in [5.74, 6) is 0. The third-order valence-corrected chi connectivity index (χ3v) is 4.58. The fourth-order valence-corrected chi connectivity index (χ4v) is 3.34. The van der Waals surface area contributed by atoms with Crippen molar-refractivity contribution in [2.24, 2.45) is 5.73 Å². The van der Waals surface area contributed by atoms with Crippen molar-refractivity contribution in [3.63, 3.8) is 0 Å². The molecule has 2 rings (SSSR count). The summed E-state index contributed by atoms with van der Waals surface area (Å²) in [6.07, 6.45) is 1.31. The lowest BCUT2D eigenvalue weighted by molar-refractivity contribution is 0.0299. The summed E-state index contributed by atoms with van der Waals surface area (Å²) < 4.78 is 10.9. The Labute approximate surface area is 118 Å². The van der Waals surface area contributed by atoms with Gasteiger partial charge in [0.2, 0.25) is 0 Å². The summed E-state index contributed by atoms with van der Waals surface area (Å²) in [6.45, 7) is 7.00. The number of thiazole rings is 1. The van der Waals surface area contributed by atoms with Gasteiger partial charge in [-0.15, -0.1) is 11.3 Å². The monoisotopic (exact) mass is 285 g/mol. The van der Waals surface area contributed by atoms with E-state index in [2.05, 4.69) is 18.7 Å². The molecule has 6 heteroatoms. The van der Waals surface area contributed by atoms with Crippen LogP contribution in [-0.2, 0) is 22.6 Å². The molecular weight excluding hydrogens is 262 g/mol. The number of aromatic nitrogens is 1. The molecule has 1 fully saturated rings. The van der Waals surface area contributed by atoms with Gasteiger partial charge in [0.05, 0.1) is 31.1 Å². The van der Waals surface area contributed by atoms with Crippen molar-refractivity contribution in [3.8, 4) is 0 Å². The Bertz CT molecular complexity index is 411. The van der Waals surface area contributed by atoms with E-state index in [4.69, 9.17) is 20.2 Å². The van der Waals surface area contributed by atoms with Crippen molar-refractivity contribution in [3.05, 3.63) is 10.6 Å². The van der Waals surface area contributed by atoms with Gasteiger partial charge in [-0.05, 0) is 13.3 Å². The number of hydrogen-bond acceptors (Lipinski definition) is 6. The Balaban J connectivity index is 2.23. The maximum absolute atomic E-state index is 5.79. The fraction of sp³-hybridized carbons (Fsp3) is 0.769. The van der Waals surface area contributed by atoms with Gasteiger partial charge in [0.15, 0.2) is 5.13 Å². The number of ether oxygens (including phenoxy) is 2. The highest BCUT2D eigenvalue weighted by Gasteiger charge is 2.28. The molecule has 0 aromatic carbocycles. The SMILES string of the molecule is CCC1COC(C)CN1c1nc(COC)c(CN)s1. The molecule has 2 heterocycles. The van der Waals surface area contributed by atoms with Gasteiger partial charge in [-0.2, -0.15) is 0 Å². The Kier molecular flexibility index (Phi) is 5.15. The minimum Gasteiger partial charge on any atom is -0.378 e. The van der Waals surface area contributed by atoms with E-state index in [1.54, 1.807) is 18.4 Å². The second-order valence-corrected chi connectivity index (χ2v) is 5.92. The Hall–Kier alpha value is -0.690. The molecule has 0 amide bonds. The van der Waals surface area contributed by atoms with Crippen LogP contribution in [0.3, 0.4) is 0 Å². The summed E-state index contributed by atoms with van der Waals surface area (Å²) in [4.78, 5) is 8.19. The molecule has 1 aromatic heterocycles. The first-order valence-corrected chi connectivity index (χ1v) is 7.57. The third-order valence-electron chi connectivity index (χ3n) is 3.42. The fourth-order valence-electron chi connectivity index (χ4n) is 2.32. The molecule has 2 N–H and O–H groups in total. The number of anilines is 1. The van der Waals surface area contributed by atoms with Crippen LogP contribution in [-0.4, -0.2) is 37.4 Å². The lowest BCUT2D eigenvalue weighted by Crippen LogP contribution is -2.48. The maximum atomic E-state index is 5.79. The summed E-state index contributed by atoms with van der Waals surface area (Å²) in [6, 6.07) is 0.406. The summed E-state index contributed by atoms with van der Waals surface area (Å²) >= 11 is 1.68. The van der Waals surface area contributed by atoms with E-state index in [-0.39, 0.29) is 6.10 Å². The molecule has 0 bridgehead atoms. The topological polar surface area (TPSA) is 60.6 Å². The first-order chi connectivity index (χ1) is 9.19. The van der Waals surface area contributed by atoms with E-state index < -0.39 is 0 Å². The van der Waals surface area contributed by atoms with Crippen LogP contribution in [0.5, 0.6) is 0 Å². The summed E-state index contributed by atoms with van der Waals surface area (Å²) in [7, 11) is 1.69. The molecule has 1 aliphatic heterocycles. The minimum absolute atomic E-state index is 0.249. The molecule has 1 aromatic rings. The standard InChI is InChI=1S/C13H23N3O2S/c1-4-10-7-18-9(2)6-16(10)13-15-11(8-17-3)12(5-14)19-13/h9-10H,4-8,14H2,1-3H3. The van der Waals surface area contributed by atoms with Gasteiger partial charge in [-0.1, -0.05) is 6.92 Å². The van der Waals surface area contributed by atoms with Crippen molar-refractivity contribution in [2.45, 2.75) is 45.6 Å². The molecule has 1 saturated heterocycles. The zero-order chi connectivity index (χ0) is 13.8. The number of rotatable bonds is 5. The van der Waals surface area contributed by atoms with Crippen LogP contribution in [0.1, 0.15) is 30.8 Å². The number of methoxy groups -OCH3 is 1. The van der Waals surface area contributed by atoms with Crippen LogP contribution in [0, 0.1) is 0 Å². The van der Waals surface area contributed by atoms with Crippen molar-refractivity contribution in [2.75, 3.05) is 25.2 Å². The highest BCUT2D eigenvalue weighted by molar-refractivity contribution is 7.15. The molecule has 19 heavy (non-hydrogen) atoms. The Morgan fingerprint density at radius 1 is 1.58 bits per heavy atom. The molecule has 1 aliphatic rings. The van der Waals surface area contributed by atoms with Crippen LogP contribution in [0.2, 0.25) is 0 Å². The molecule has 2 atom stereocenters. The van der Waals surface area contributed by atoms with Crippen LogP contribution in [0.25, 0.3) is 0 Å². The average Bonchev–Trinajstić information content (AvgIpc) is 2.82. The smallest absolute Gasteiger partial charge is 0.186 e. The first-order valence-electron chi connectivity index (χ1n) is 6.75. The predicted molar refractivity (Wildman–Crippen MR) is 77.6 cm³/mol. The van der Waals surface area contributed by atoms with E-state index in [0.29, 0.717) is 19.2 Å². The second kappa shape index (κ2) is 6.65. The highest BCUT2D eigenvalue weighted by atomic mass is 32.1. The zero-order valence-corrected chi connectivity index (χ0v) is 12.7. The zero-order valence-electron chi connectivity index (χ0n) is 11.9. The predicted octanol–water partition coefficient (Wildman–Crippen LogP) is 1.75. The second-order valence-electron chi connectivity index (χ2n) is 4.86. The summed E-state index contributed by atoms with van der Waals surface area (Å²) in [5.41, 5.74) is 6.76. The first kappa shape index (κ1) is 14.7. The van der Waals surface area contributed by atoms with Crippen LogP contribution in [0.4, 0.5) is 5.13 Å². The van der Waals surface area contributed by atoms with E-state index in [1.165, 1.54) is 0 Å². The van der Waals surface area contributed by atoms with Gasteiger partial charge in [0.1, 0.15) is 0 Å². The third kappa shape index (κ3) is 3.25. The average molecular weight is 285 g/mol. The van der Waals surface area contributed by atoms with Gasteiger partial charge >= 0.3 is 0 Å². The molecule has 0 saturated carbocycles. The van der Waals surface area contributed by atoms with Gasteiger partial charge in [-0.3, -0.25) is 0 Å². The molecule has 0 spiro atoms. The molecule has 108 valence electrons. The van der Waals surface area contributed by atoms with E-state index in [0.717, 1.165) is 35.3 Å². The number of hydrogen-bond donors (Lipinski definition) is 1. The minimum atomic E-state index is 0.249. The van der Waals surface area contributed by atoms with Crippen molar-refractivity contribution in [1.82, 2.24) is 4.98 Å². The van der Waals surface area contributed by atoms with E-state index in [9.17, 15) is 0 Å². The Morgan fingerprint density at radius 3 is 3.00 bits per heavy atom. The lowest BCUT2D eigenvalue weighted by Gasteiger charge is -2.38. The quantitative estimate of drug-likeness (QED) is 0.893. The summed E-state index contributed by atoms with van der Waals surface area (Å²) in [5, 5.41) is 1.05. The van der Waals surface area contributed by atoms with Gasteiger partial charge in [0.25, 0.3) is 0 Å². The van der Waals surface area contributed by atoms with Crippen molar-refractivity contribution in [1.29, 1.82) is 0 Å². The number of morpholine rings is 1. The Morgan fingerprint density at radius 2 is 2.37 bits per heavy atom. The van der Waals surface area contributed by atoms with Gasteiger partial charge < -0.3 is 20.1 Å². The van der Waals surface area contributed by atoms with Gasteiger partial charge in [0, 0.05) is 25.1 Å². The molecule has 0 radical (unpaired) electrons. The molecule has 5 nitrogen and oxygen atoms in total. The van der Waals surface area contributed by atoms with Gasteiger partial charge in [-0.25, -0.2) is 4.98 Å². The molecular formula is C13H23N3O2S. The molecule has 0 aliphatic carbocycles. The number of nitrogens with zero attached hydrogens (tertiary/aromatic N) is 2. The normalized spacial score (nSPS) is 23.9. The van der Waals surface area contributed by atoms with Crippen LogP contribution < -0.4 is 10.6 Å². The highest BCUT2D eigenvalue weighted by Crippen LogP contribution is 2.30.